The third-order valence-corrected chi connectivity index (χ3v) is 7.69. The minimum absolute atomic E-state index is 0.134. The predicted molar refractivity (Wildman–Crippen MR) is 122 cm³/mol. The number of aryl methyl sites for hydroxylation is 1. The van der Waals surface area contributed by atoms with Gasteiger partial charge >= 0.3 is 0 Å². The molecule has 31 heavy (non-hydrogen) atoms. The standard InChI is InChI=1S/C24H34N6O/c1-17-15-21(18(2)27(17)3)23(31)29-9-7-19-16-25-24(26-22(19)8-10-29)30-13-11-28(12-14-30)20-5-4-6-20/h15-16,20H,4-14H2,1-3H3. The van der Waals surface area contributed by atoms with E-state index in [1.54, 1.807) is 0 Å². The second-order valence-corrected chi connectivity index (χ2v) is 9.39. The molecule has 7 nitrogen and oxygen atoms in total. The molecule has 0 spiro atoms. The Kier molecular flexibility index (Phi) is 5.46. The maximum absolute atomic E-state index is 13.2. The van der Waals surface area contributed by atoms with Crippen LogP contribution >= 0.6 is 0 Å². The molecule has 0 N–H and O–H groups in total. The molecule has 1 saturated carbocycles. The third kappa shape index (κ3) is 3.84. The van der Waals surface area contributed by atoms with Gasteiger partial charge in [-0.3, -0.25) is 9.69 Å². The summed E-state index contributed by atoms with van der Waals surface area (Å²) in [5, 5.41) is 0. The lowest BCUT2D eigenvalue weighted by molar-refractivity contribution is 0.0762. The van der Waals surface area contributed by atoms with Gasteiger partial charge in [-0.15, -0.1) is 0 Å². The highest BCUT2D eigenvalue weighted by atomic mass is 16.2. The first kappa shape index (κ1) is 20.5. The molecule has 0 atom stereocenters. The van der Waals surface area contributed by atoms with Gasteiger partial charge in [-0.25, -0.2) is 9.97 Å². The van der Waals surface area contributed by atoms with Crippen molar-refractivity contribution in [3.63, 3.8) is 0 Å². The summed E-state index contributed by atoms with van der Waals surface area (Å²) in [6.07, 6.45) is 7.74. The molecule has 7 heteroatoms. The van der Waals surface area contributed by atoms with Crippen molar-refractivity contribution >= 4 is 11.9 Å². The smallest absolute Gasteiger partial charge is 0.255 e. The van der Waals surface area contributed by atoms with E-state index in [0.29, 0.717) is 6.54 Å². The number of amides is 1. The van der Waals surface area contributed by atoms with E-state index in [0.717, 1.165) is 80.2 Å². The van der Waals surface area contributed by atoms with Crippen LogP contribution in [0.4, 0.5) is 5.95 Å². The number of piperazine rings is 1. The molecule has 2 aliphatic heterocycles. The van der Waals surface area contributed by atoms with Gasteiger partial charge in [0.1, 0.15) is 0 Å². The number of hydrogen-bond donors (Lipinski definition) is 0. The highest BCUT2D eigenvalue weighted by Crippen LogP contribution is 2.26. The zero-order valence-electron chi connectivity index (χ0n) is 19.1. The van der Waals surface area contributed by atoms with Crippen LogP contribution in [0.15, 0.2) is 12.3 Å². The normalized spacial score (nSPS) is 20.4. The molecule has 0 aromatic carbocycles. The van der Waals surface area contributed by atoms with E-state index < -0.39 is 0 Å². The molecular formula is C24H34N6O. The van der Waals surface area contributed by atoms with Crippen molar-refractivity contribution in [1.82, 2.24) is 24.3 Å². The number of anilines is 1. The van der Waals surface area contributed by atoms with Crippen LogP contribution in [-0.4, -0.2) is 75.6 Å². The van der Waals surface area contributed by atoms with E-state index in [1.807, 2.05) is 38.1 Å². The van der Waals surface area contributed by atoms with Gasteiger partial charge in [0.25, 0.3) is 5.91 Å². The quantitative estimate of drug-likeness (QED) is 0.760. The Morgan fingerprint density at radius 2 is 1.77 bits per heavy atom. The lowest BCUT2D eigenvalue weighted by Gasteiger charge is -2.43. The van der Waals surface area contributed by atoms with Crippen LogP contribution in [0.3, 0.4) is 0 Å². The van der Waals surface area contributed by atoms with Crippen LogP contribution < -0.4 is 4.90 Å². The summed E-state index contributed by atoms with van der Waals surface area (Å²) in [5.41, 5.74) is 5.28. The van der Waals surface area contributed by atoms with Crippen LogP contribution in [0, 0.1) is 13.8 Å². The first-order chi connectivity index (χ1) is 15.0. The molecular weight excluding hydrogens is 388 g/mol. The summed E-state index contributed by atoms with van der Waals surface area (Å²) in [4.78, 5) is 29.8. The van der Waals surface area contributed by atoms with Crippen LogP contribution in [0.5, 0.6) is 0 Å². The lowest BCUT2D eigenvalue weighted by atomic mass is 9.91. The van der Waals surface area contributed by atoms with Crippen molar-refractivity contribution in [1.29, 1.82) is 0 Å². The summed E-state index contributed by atoms with van der Waals surface area (Å²) in [5.74, 6) is 0.996. The predicted octanol–water partition coefficient (Wildman–Crippen LogP) is 2.35. The summed E-state index contributed by atoms with van der Waals surface area (Å²) < 4.78 is 2.09. The van der Waals surface area contributed by atoms with Gasteiger partial charge in [-0.1, -0.05) is 6.42 Å². The van der Waals surface area contributed by atoms with Gasteiger partial charge in [0.05, 0.1) is 11.3 Å². The van der Waals surface area contributed by atoms with Gasteiger partial charge < -0.3 is 14.4 Å². The number of rotatable bonds is 3. The van der Waals surface area contributed by atoms with E-state index in [-0.39, 0.29) is 5.91 Å². The van der Waals surface area contributed by atoms with E-state index in [9.17, 15) is 4.79 Å². The van der Waals surface area contributed by atoms with Crippen molar-refractivity contribution in [2.24, 2.45) is 7.05 Å². The molecule has 0 bridgehead atoms. The molecule has 166 valence electrons. The summed E-state index contributed by atoms with van der Waals surface area (Å²) in [7, 11) is 2.02. The Balaban J connectivity index is 1.25. The second kappa shape index (κ2) is 8.26. The van der Waals surface area contributed by atoms with E-state index in [4.69, 9.17) is 9.97 Å². The lowest BCUT2D eigenvalue weighted by Crippen LogP contribution is -2.52. The van der Waals surface area contributed by atoms with Crippen molar-refractivity contribution < 1.29 is 4.79 Å². The molecule has 1 amide bonds. The number of nitrogens with zero attached hydrogens (tertiary/aromatic N) is 6. The van der Waals surface area contributed by atoms with E-state index in [2.05, 4.69) is 14.4 Å². The number of aromatic nitrogens is 3. The highest BCUT2D eigenvalue weighted by molar-refractivity contribution is 5.95. The number of hydrogen-bond acceptors (Lipinski definition) is 5. The fourth-order valence-electron chi connectivity index (χ4n) is 5.10. The molecule has 0 unspecified atom stereocenters. The number of fused-ring (bicyclic) bond motifs is 1. The summed E-state index contributed by atoms with van der Waals surface area (Å²) in [6.45, 7) is 9.75. The zero-order valence-corrected chi connectivity index (χ0v) is 19.1. The van der Waals surface area contributed by atoms with Crippen molar-refractivity contribution in [2.45, 2.75) is 52.0 Å². The highest BCUT2D eigenvalue weighted by Gasteiger charge is 2.29. The van der Waals surface area contributed by atoms with Crippen molar-refractivity contribution in [3.8, 4) is 0 Å². The van der Waals surface area contributed by atoms with Crippen LogP contribution in [0.2, 0.25) is 0 Å². The Hall–Kier alpha value is -2.41. The maximum Gasteiger partial charge on any atom is 0.255 e. The van der Waals surface area contributed by atoms with Gasteiger partial charge in [0.15, 0.2) is 0 Å². The van der Waals surface area contributed by atoms with Crippen LogP contribution in [0.25, 0.3) is 0 Å². The molecule has 4 heterocycles. The van der Waals surface area contributed by atoms with Gasteiger partial charge in [-0.2, -0.15) is 0 Å². The first-order valence-electron chi connectivity index (χ1n) is 11.8. The molecule has 3 aliphatic rings. The SMILES string of the molecule is Cc1cc(C(=O)N2CCc3cnc(N4CCN(C5CCC5)CC4)nc3CC2)c(C)n1C. The van der Waals surface area contributed by atoms with Gasteiger partial charge in [0, 0.05) is 76.4 Å². The summed E-state index contributed by atoms with van der Waals surface area (Å²) >= 11 is 0. The Morgan fingerprint density at radius 3 is 2.42 bits per heavy atom. The molecule has 2 fully saturated rings. The number of carbonyl (C=O) groups is 1. The molecule has 1 saturated heterocycles. The second-order valence-electron chi connectivity index (χ2n) is 9.39. The molecule has 2 aromatic rings. The molecule has 1 aliphatic carbocycles. The first-order valence-corrected chi connectivity index (χ1v) is 11.8. The minimum Gasteiger partial charge on any atom is -0.351 e. The number of carbonyl (C=O) groups excluding carboxylic acids is 1. The average molecular weight is 423 g/mol. The third-order valence-electron chi connectivity index (χ3n) is 7.69. The van der Waals surface area contributed by atoms with Gasteiger partial charge in [0.2, 0.25) is 5.95 Å². The van der Waals surface area contributed by atoms with Crippen LogP contribution in [-0.2, 0) is 19.9 Å². The minimum atomic E-state index is 0.134. The average Bonchev–Trinajstić information content (AvgIpc) is 2.91. The van der Waals surface area contributed by atoms with E-state index in [1.165, 1.54) is 24.8 Å². The molecule has 2 aromatic heterocycles. The van der Waals surface area contributed by atoms with Gasteiger partial charge in [-0.05, 0) is 44.7 Å². The Labute approximate surface area is 185 Å². The topological polar surface area (TPSA) is 57.5 Å². The molecule has 0 radical (unpaired) electrons. The monoisotopic (exact) mass is 422 g/mol. The Bertz CT molecular complexity index is 971. The van der Waals surface area contributed by atoms with Crippen molar-refractivity contribution in [3.05, 3.63) is 40.5 Å². The van der Waals surface area contributed by atoms with Crippen molar-refractivity contribution in [2.75, 3.05) is 44.2 Å². The van der Waals surface area contributed by atoms with E-state index >= 15 is 0 Å². The summed E-state index contributed by atoms with van der Waals surface area (Å²) in [6, 6.07) is 2.83. The fourth-order valence-corrected chi connectivity index (χ4v) is 5.10. The van der Waals surface area contributed by atoms with Crippen LogP contribution in [0.1, 0.15) is 52.3 Å². The molecule has 5 rings (SSSR count). The zero-order chi connectivity index (χ0) is 21.5. The fraction of sp³-hybridized carbons (Fsp3) is 0.625. The largest absolute Gasteiger partial charge is 0.351 e. The maximum atomic E-state index is 13.2. The Morgan fingerprint density at radius 1 is 1.03 bits per heavy atom.